The Balaban J connectivity index is 1.73. The topological polar surface area (TPSA) is 73.2 Å². The van der Waals surface area contributed by atoms with E-state index < -0.39 is 5.97 Å². The number of hydrogen-bond donors (Lipinski definition) is 1. The first kappa shape index (κ1) is 18.9. The average Bonchev–Trinajstić information content (AvgIpc) is 3.06. The summed E-state index contributed by atoms with van der Waals surface area (Å²) in [7, 11) is 0. The van der Waals surface area contributed by atoms with E-state index >= 15 is 0 Å². The molecule has 0 saturated carbocycles. The van der Waals surface area contributed by atoms with Crippen LogP contribution in [0.1, 0.15) is 22.8 Å². The summed E-state index contributed by atoms with van der Waals surface area (Å²) in [5.41, 5.74) is 1.20. The number of nitrogens with zero attached hydrogens (tertiary/aromatic N) is 2. The zero-order valence-corrected chi connectivity index (χ0v) is 15.8. The second-order valence-electron chi connectivity index (χ2n) is 5.66. The van der Waals surface area contributed by atoms with E-state index in [1.54, 1.807) is 53.3 Å². The molecule has 0 aliphatic heterocycles. The molecule has 0 saturated heterocycles. The van der Waals surface area contributed by atoms with Crippen molar-refractivity contribution in [1.82, 2.24) is 9.78 Å². The van der Waals surface area contributed by atoms with Gasteiger partial charge in [0.15, 0.2) is 0 Å². The standard InChI is InChI=1S/C19H15Cl2N3O3/c1-12(25)27-15-7-5-13(6-8-15)19(26)23-17-9-10-22-24(17)11-14-3-2-4-16(20)18(14)21/h2-10H,11H2,1H3,(H,23,26). The molecule has 0 aliphatic rings. The lowest BCUT2D eigenvalue weighted by molar-refractivity contribution is -0.131. The molecule has 8 heteroatoms. The number of ether oxygens (including phenoxy) is 1. The van der Waals surface area contributed by atoms with E-state index in [2.05, 4.69) is 10.4 Å². The lowest BCUT2D eigenvalue weighted by atomic mass is 10.2. The van der Waals surface area contributed by atoms with Gasteiger partial charge in [0, 0.05) is 18.6 Å². The van der Waals surface area contributed by atoms with Crippen molar-refractivity contribution in [2.45, 2.75) is 13.5 Å². The summed E-state index contributed by atoms with van der Waals surface area (Å²) in [6.07, 6.45) is 1.58. The van der Waals surface area contributed by atoms with Crippen molar-refractivity contribution in [3.63, 3.8) is 0 Å². The first-order valence-electron chi connectivity index (χ1n) is 7.98. The Bertz CT molecular complexity index is 984. The van der Waals surface area contributed by atoms with Gasteiger partial charge < -0.3 is 10.1 Å². The molecule has 3 aromatic rings. The number of esters is 1. The van der Waals surface area contributed by atoms with Gasteiger partial charge in [-0.15, -0.1) is 0 Å². The number of anilines is 1. The molecule has 1 heterocycles. The van der Waals surface area contributed by atoms with Crippen LogP contribution >= 0.6 is 23.2 Å². The van der Waals surface area contributed by atoms with Crippen molar-refractivity contribution < 1.29 is 14.3 Å². The average molecular weight is 404 g/mol. The quantitative estimate of drug-likeness (QED) is 0.505. The third-order valence-corrected chi connectivity index (χ3v) is 4.55. The van der Waals surface area contributed by atoms with Crippen molar-refractivity contribution >= 4 is 40.9 Å². The van der Waals surface area contributed by atoms with E-state index in [0.29, 0.717) is 33.7 Å². The molecule has 0 bridgehead atoms. The molecule has 0 atom stereocenters. The van der Waals surface area contributed by atoms with E-state index in [9.17, 15) is 9.59 Å². The van der Waals surface area contributed by atoms with Crippen LogP contribution in [0, 0.1) is 0 Å². The second kappa shape index (κ2) is 8.24. The minimum absolute atomic E-state index is 0.316. The molecule has 0 spiro atoms. The minimum Gasteiger partial charge on any atom is -0.427 e. The van der Waals surface area contributed by atoms with Gasteiger partial charge in [0.2, 0.25) is 0 Å². The van der Waals surface area contributed by atoms with Crippen LogP contribution < -0.4 is 10.1 Å². The predicted molar refractivity (Wildman–Crippen MR) is 103 cm³/mol. The van der Waals surface area contributed by atoms with Crippen molar-refractivity contribution in [2.24, 2.45) is 0 Å². The summed E-state index contributed by atoms with van der Waals surface area (Å²) < 4.78 is 6.57. The smallest absolute Gasteiger partial charge is 0.308 e. The molecule has 0 fully saturated rings. The molecular formula is C19H15Cl2N3O3. The molecule has 3 rings (SSSR count). The highest BCUT2D eigenvalue weighted by Crippen LogP contribution is 2.26. The molecule has 1 amide bonds. The number of nitrogens with one attached hydrogen (secondary N) is 1. The number of halogens is 2. The van der Waals surface area contributed by atoms with Gasteiger partial charge in [-0.2, -0.15) is 5.10 Å². The van der Waals surface area contributed by atoms with Crippen molar-refractivity contribution in [1.29, 1.82) is 0 Å². The van der Waals surface area contributed by atoms with Crippen molar-refractivity contribution in [2.75, 3.05) is 5.32 Å². The number of benzene rings is 2. The number of hydrogen-bond acceptors (Lipinski definition) is 4. The molecule has 1 aromatic heterocycles. The minimum atomic E-state index is -0.421. The normalized spacial score (nSPS) is 10.5. The summed E-state index contributed by atoms with van der Waals surface area (Å²) in [6, 6.07) is 13.3. The van der Waals surface area contributed by atoms with Gasteiger partial charge in [0.1, 0.15) is 11.6 Å². The van der Waals surface area contributed by atoms with Crippen LogP contribution in [0.5, 0.6) is 5.75 Å². The van der Waals surface area contributed by atoms with E-state index in [1.807, 2.05) is 6.07 Å². The van der Waals surface area contributed by atoms with Crippen molar-refractivity contribution in [3.05, 3.63) is 75.9 Å². The van der Waals surface area contributed by atoms with Gasteiger partial charge in [-0.25, -0.2) is 4.68 Å². The summed E-state index contributed by atoms with van der Waals surface area (Å²) in [5.74, 6) is 0.152. The first-order chi connectivity index (χ1) is 12.9. The number of amides is 1. The molecule has 6 nitrogen and oxygen atoms in total. The zero-order valence-electron chi connectivity index (χ0n) is 14.3. The molecule has 1 N–H and O–H groups in total. The fourth-order valence-corrected chi connectivity index (χ4v) is 2.81. The van der Waals surface area contributed by atoms with E-state index in [4.69, 9.17) is 27.9 Å². The Hall–Kier alpha value is -2.83. The Labute approximate surface area is 165 Å². The predicted octanol–water partition coefficient (Wildman–Crippen LogP) is 4.42. The molecule has 27 heavy (non-hydrogen) atoms. The third-order valence-electron chi connectivity index (χ3n) is 3.69. The number of aromatic nitrogens is 2. The van der Waals surface area contributed by atoms with Crippen LogP contribution in [0.3, 0.4) is 0 Å². The lowest BCUT2D eigenvalue weighted by Gasteiger charge is -2.11. The lowest BCUT2D eigenvalue weighted by Crippen LogP contribution is -2.16. The maximum Gasteiger partial charge on any atom is 0.308 e. The van der Waals surface area contributed by atoms with Gasteiger partial charge in [0.05, 0.1) is 22.8 Å². The van der Waals surface area contributed by atoms with Crippen LogP contribution in [-0.2, 0) is 11.3 Å². The molecular weight excluding hydrogens is 389 g/mol. The number of carbonyl (C=O) groups excluding carboxylic acids is 2. The molecule has 2 aromatic carbocycles. The summed E-state index contributed by atoms with van der Waals surface area (Å²) in [5, 5.41) is 7.93. The van der Waals surface area contributed by atoms with Gasteiger partial charge >= 0.3 is 5.97 Å². The van der Waals surface area contributed by atoms with Crippen LogP contribution in [0.25, 0.3) is 0 Å². The number of rotatable bonds is 5. The van der Waals surface area contributed by atoms with Crippen LogP contribution in [-0.4, -0.2) is 21.7 Å². The second-order valence-corrected chi connectivity index (χ2v) is 6.44. The van der Waals surface area contributed by atoms with Gasteiger partial charge in [0.25, 0.3) is 5.91 Å². The van der Waals surface area contributed by atoms with E-state index in [0.717, 1.165) is 5.56 Å². The Kier molecular flexibility index (Phi) is 5.78. The van der Waals surface area contributed by atoms with Gasteiger partial charge in [-0.1, -0.05) is 35.3 Å². The summed E-state index contributed by atoms with van der Waals surface area (Å²) in [4.78, 5) is 23.4. The molecule has 0 aliphatic carbocycles. The van der Waals surface area contributed by atoms with Crippen molar-refractivity contribution in [3.8, 4) is 5.75 Å². The molecule has 138 valence electrons. The van der Waals surface area contributed by atoms with E-state index in [1.165, 1.54) is 6.92 Å². The highest BCUT2D eigenvalue weighted by atomic mass is 35.5. The fraction of sp³-hybridized carbons (Fsp3) is 0.105. The molecule has 0 unspecified atom stereocenters. The van der Waals surface area contributed by atoms with Crippen LogP contribution in [0.2, 0.25) is 10.0 Å². The van der Waals surface area contributed by atoms with Crippen LogP contribution in [0.15, 0.2) is 54.7 Å². The highest BCUT2D eigenvalue weighted by Gasteiger charge is 2.12. The summed E-state index contributed by atoms with van der Waals surface area (Å²) in [6.45, 7) is 1.67. The largest absolute Gasteiger partial charge is 0.427 e. The third kappa shape index (κ3) is 4.67. The highest BCUT2D eigenvalue weighted by molar-refractivity contribution is 6.42. The van der Waals surface area contributed by atoms with Gasteiger partial charge in [-0.3, -0.25) is 9.59 Å². The maximum atomic E-state index is 12.5. The summed E-state index contributed by atoms with van der Waals surface area (Å²) >= 11 is 12.3. The zero-order chi connectivity index (χ0) is 19.4. The number of carbonyl (C=O) groups is 2. The SMILES string of the molecule is CC(=O)Oc1ccc(C(=O)Nc2ccnn2Cc2cccc(Cl)c2Cl)cc1. The van der Waals surface area contributed by atoms with Crippen LogP contribution in [0.4, 0.5) is 5.82 Å². The fourth-order valence-electron chi connectivity index (χ4n) is 2.43. The Morgan fingerprint density at radius 2 is 1.85 bits per heavy atom. The maximum absolute atomic E-state index is 12.5. The van der Waals surface area contributed by atoms with E-state index in [-0.39, 0.29) is 5.91 Å². The monoisotopic (exact) mass is 403 g/mol. The van der Waals surface area contributed by atoms with Gasteiger partial charge in [-0.05, 0) is 35.9 Å². The molecule has 0 radical (unpaired) electrons. The Morgan fingerprint density at radius 3 is 2.56 bits per heavy atom. The first-order valence-corrected chi connectivity index (χ1v) is 8.74. The Morgan fingerprint density at radius 1 is 1.11 bits per heavy atom.